The van der Waals surface area contributed by atoms with Gasteiger partial charge in [0.05, 0.1) is 6.61 Å². The quantitative estimate of drug-likeness (QED) is 0.897. The van der Waals surface area contributed by atoms with Gasteiger partial charge in [-0.05, 0) is 44.0 Å². The Kier molecular flexibility index (Phi) is 5.84. The normalized spacial score (nSPS) is 14.7. The molecule has 0 atom stereocenters. The number of likely N-dealkylation sites (tertiary alicyclic amines) is 1. The van der Waals surface area contributed by atoms with Gasteiger partial charge in [0, 0.05) is 30.9 Å². The summed E-state index contributed by atoms with van der Waals surface area (Å²) in [4.78, 5) is 31.1. The molecule has 2 amide bonds. The summed E-state index contributed by atoms with van der Waals surface area (Å²) < 4.78 is 5.45. The van der Waals surface area contributed by atoms with Crippen LogP contribution >= 0.6 is 0 Å². The molecule has 1 saturated heterocycles. The molecule has 1 fully saturated rings. The van der Waals surface area contributed by atoms with E-state index in [1.807, 2.05) is 37.3 Å². The molecule has 0 saturated carbocycles. The minimum absolute atomic E-state index is 0.0136. The molecule has 1 aromatic heterocycles. The van der Waals surface area contributed by atoms with E-state index in [0.29, 0.717) is 44.0 Å². The molecule has 0 bridgehead atoms. The maximum atomic E-state index is 12.8. The summed E-state index contributed by atoms with van der Waals surface area (Å²) in [5, 5.41) is 2.94. The largest absolute Gasteiger partial charge is 0.477 e. The number of anilines is 1. The lowest BCUT2D eigenvalue weighted by atomic mass is 9.95. The number of nitrogens with one attached hydrogen (secondary N) is 1. The number of nitrogens with zero attached hydrogens (tertiary/aromatic N) is 2. The Labute approximate surface area is 153 Å². The summed E-state index contributed by atoms with van der Waals surface area (Å²) in [7, 11) is 0. The van der Waals surface area contributed by atoms with Gasteiger partial charge in [-0.15, -0.1) is 0 Å². The standard InChI is InChI=1S/C20H23N3O3/c1-2-26-19-17(9-6-12-21-19)20(25)23-13-10-15(11-14-23)18(24)22-16-7-4-3-5-8-16/h3-9,12,15H,2,10-11,13-14H2,1H3,(H,22,24). The van der Waals surface area contributed by atoms with Crippen molar-refractivity contribution in [1.82, 2.24) is 9.88 Å². The molecule has 1 aliphatic rings. The molecule has 0 unspecified atom stereocenters. The van der Waals surface area contributed by atoms with E-state index in [2.05, 4.69) is 10.3 Å². The number of pyridine rings is 1. The van der Waals surface area contributed by atoms with E-state index in [9.17, 15) is 9.59 Å². The number of hydrogen-bond donors (Lipinski definition) is 1. The van der Waals surface area contributed by atoms with Gasteiger partial charge in [0.25, 0.3) is 5.91 Å². The molecule has 2 heterocycles. The molecule has 6 nitrogen and oxygen atoms in total. The van der Waals surface area contributed by atoms with Gasteiger partial charge in [-0.25, -0.2) is 4.98 Å². The predicted octanol–water partition coefficient (Wildman–Crippen LogP) is 2.97. The third-order valence-electron chi connectivity index (χ3n) is 4.48. The zero-order valence-corrected chi connectivity index (χ0v) is 14.9. The van der Waals surface area contributed by atoms with Crippen LogP contribution in [-0.4, -0.2) is 41.4 Å². The van der Waals surface area contributed by atoms with Gasteiger partial charge in [-0.3, -0.25) is 9.59 Å². The van der Waals surface area contributed by atoms with Crippen LogP contribution in [0.25, 0.3) is 0 Å². The smallest absolute Gasteiger partial charge is 0.259 e. The topological polar surface area (TPSA) is 71.5 Å². The van der Waals surface area contributed by atoms with Crippen molar-refractivity contribution in [3.05, 3.63) is 54.2 Å². The number of benzene rings is 1. The number of carbonyl (C=O) groups excluding carboxylic acids is 2. The minimum atomic E-state index is -0.0940. The first-order valence-corrected chi connectivity index (χ1v) is 8.92. The summed E-state index contributed by atoms with van der Waals surface area (Å²) in [5.74, 6) is 0.201. The molecule has 6 heteroatoms. The van der Waals surface area contributed by atoms with Gasteiger partial charge in [0.1, 0.15) is 5.56 Å². The van der Waals surface area contributed by atoms with Crippen molar-refractivity contribution in [2.75, 3.05) is 25.0 Å². The van der Waals surface area contributed by atoms with E-state index >= 15 is 0 Å². The Morgan fingerprint density at radius 3 is 2.58 bits per heavy atom. The molecule has 0 radical (unpaired) electrons. The average Bonchev–Trinajstić information content (AvgIpc) is 2.69. The second-order valence-corrected chi connectivity index (χ2v) is 6.21. The van der Waals surface area contributed by atoms with Crippen LogP contribution in [0.1, 0.15) is 30.1 Å². The number of hydrogen-bond acceptors (Lipinski definition) is 4. The van der Waals surface area contributed by atoms with E-state index in [-0.39, 0.29) is 17.7 Å². The molecular weight excluding hydrogens is 330 g/mol. The third-order valence-corrected chi connectivity index (χ3v) is 4.48. The van der Waals surface area contributed by atoms with Crippen molar-refractivity contribution in [3.8, 4) is 5.88 Å². The van der Waals surface area contributed by atoms with Crippen molar-refractivity contribution in [2.45, 2.75) is 19.8 Å². The molecular formula is C20H23N3O3. The van der Waals surface area contributed by atoms with Gasteiger partial charge < -0.3 is 15.0 Å². The number of aromatic nitrogens is 1. The number of piperidine rings is 1. The first kappa shape index (κ1) is 17.9. The molecule has 3 rings (SSSR count). The van der Waals surface area contributed by atoms with E-state index in [1.54, 1.807) is 23.2 Å². The second kappa shape index (κ2) is 8.47. The summed E-state index contributed by atoms with van der Waals surface area (Å²) in [6.07, 6.45) is 2.91. The summed E-state index contributed by atoms with van der Waals surface area (Å²) >= 11 is 0. The molecule has 1 aliphatic heterocycles. The molecule has 1 N–H and O–H groups in total. The molecule has 2 aromatic rings. The zero-order valence-electron chi connectivity index (χ0n) is 14.9. The van der Waals surface area contributed by atoms with Gasteiger partial charge in [0.2, 0.25) is 11.8 Å². The second-order valence-electron chi connectivity index (χ2n) is 6.21. The van der Waals surface area contributed by atoms with Crippen molar-refractivity contribution >= 4 is 17.5 Å². The zero-order chi connectivity index (χ0) is 18.4. The molecule has 1 aromatic carbocycles. The van der Waals surface area contributed by atoms with Crippen molar-refractivity contribution in [3.63, 3.8) is 0 Å². The van der Waals surface area contributed by atoms with E-state index < -0.39 is 0 Å². The highest BCUT2D eigenvalue weighted by atomic mass is 16.5. The van der Waals surface area contributed by atoms with E-state index in [4.69, 9.17) is 4.74 Å². The molecule has 0 aliphatic carbocycles. The maximum absolute atomic E-state index is 12.8. The van der Waals surface area contributed by atoms with E-state index in [0.717, 1.165) is 5.69 Å². The summed E-state index contributed by atoms with van der Waals surface area (Å²) in [6, 6.07) is 12.9. The van der Waals surface area contributed by atoms with Gasteiger partial charge in [-0.2, -0.15) is 0 Å². The van der Waals surface area contributed by atoms with Gasteiger partial charge in [0.15, 0.2) is 0 Å². The highest BCUT2D eigenvalue weighted by molar-refractivity contribution is 5.97. The number of rotatable bonds is 5. The number of ether oxygens (including phenoxy) is 1. The van der Waals surface area contributed by atoms with Crippen molar-refractivity contribution in [1.29, 1.82) is 0 Å². The fourth-order valence-corrected chi connectivity index (χ4v) is 3.09. The Hall–Kier alpha value is -2.89. The summed E-state index contributed by atoms with van der Waals surface area (Å²) in [5.41, 5.74) is 1.27. The Bertz CT molecular complexity index is 756. The van der Waals surface area contributed by atoms with Crippen LogP contribution < -0.4 is 10.1 Å². The lowest BCUT2D eigenvalue weighted by Crippen LogP contribution is -2.41. The van der Waals surface area contributed by atoms with E-state index in [1.165, 1.54) is 0 Å². The van der Waals surface area contributed by atoms with Crippen LogP contribution in [0.4, 0.5) is 5.69 Å². The summed E-state index contributed by atoms with van der Waals surface area (Å²) in [6.45, 7) is 3.41. The Balaban J connectivity index is 1.58. The molecule has 0 spiro atoms. The fourth-order valence-electron chi connectivity index (χ4n) is 3.09. The third kappa shape index (κ3) is 4.20. The van der Waals surface area contributed by atoms with Crippen molar-refractivity contribution < 1.29 is 14.3 Å². The minimum Gasteiger partial charge on any atom is -0.477 e. The number of carbonyl (C=O) groups is 2. The fraction of sp³-hybridized carbons (Fsp3) is 0.350. The lowest BCUT2D eigenvalue weighted by molar-refractivity contribution is -0.121. The van der Waals surface area contributed by atoms with Crippen LogP contribution in [-0.2, 0) is 4.79 Å². The average molecular weight is 353 g/mol. The SMILES string of the molecule is CCOc1ncccc1C(=O)N1CCC(C(=O)Nc2ccccc2)CC1. The number of amides is 2. The Morgan fingerprint density at radius 2 is 1.88 bits per heavy atom. The Morgan fingerprint density at radius 1 is 1.15 bits per heavy atom. The maximum Gasteiger partial charge on any atom is 0.259 e. The van der Waals surface area contributed by atoms with Crippen LogP contribution in [0.3, 0.4) is 0 Å². The number of para-hydroxylation sites is 1. The first-order chi connectivity index (χ1) is 12.7. The molecule has 26 heavy (non-hydrogen) atoms. The van der Waals surface area contributed by atoms with Gasteiger partial charge in [-0.1, -0.05) is 18.2 Å². The van der Waals surface area contributed by atoms with Crippen molar-refractivity contribution in [2.24, 2.45) is 5.92 Å². The first-order valence-electron chi connectivity index (χ1n) is 8.92. The van der Waals surface area contributed by atoms with Crippen LogP contribution in [0.15, 0.2) is 48.7 Å². The van der Waals surface area contributed by atoms with Crippen LogP contribution in [0.2, 0.25) is 0 Å². The predicted molar refractivity (Wildman–Crippen MR) is 99.1 cm³/mol. The highest BCUT2D eigenvalue weighted by Gasteiger charge is 2.29. The monoisotopic (exact) mass is 353 g/mol. The molecule has 136 valence electrons. The van der Waals surface area contributed by atoms with Crippen LogP contribution in [0.5, 0.6) is 5.88 Å². The van der Waals surface area contributed by atoms with Crippen LogP contribution in [0, 0.1) is 5.92 Å². The highest BCUT2D eigenvalue weighted by Crippen LogP contribution is 2.23. The lowest BCUT2D eigenvalue weighted by Gasteiger charge is -2.31. The van der Waals surface area contributed by atoms with Gasteiger partial charge >= 0.3 is 0 Å².